The van der Waals surface area contributed by atoms with Crippen molar-refractivity contribution in [3.63, 3.8) is 0 Å². The lowest BCUT2D eigenvalue weighted by molar-refractivity contribution is 0.0979. The molecule has 2 heterocycles. The van der Waals surface area contributed by atoms with Crippen molar-refractivity contribution >= 4 is 45.0 Å². The highest BCUT2D eigenvalue weighted by Crippen LogP contribution is 2.34. The Morgan fingerprint density at radius 3 is 2.67 bits per heavy atom. The number of anilines is 1. The number of hydrogen-bond donors (Lipinski definition) is 0. The molecular weight excluding hydrogens is 386 g/mol. The van der Waals surface area contributed by atoms with Gasteiger partial charge in [0.2, 0.25) is 0 Å². The summed E-state index contributed by atoms with van der Waals surface area (Å²) < 4.78 is 8.30. The molecule has 0 unspecified atom stereocenters. The average Bonchev–Trinajstić information content (AvgIpc) is 3.21. The summed E-state index contributed by atoms with van der Waals surface area (Å²) in [5.74, 6) is 0.592. The normalized spacial score (nSPS) is 10.9. The van der Waals surface area contributed by atoms with Crippen molar-refractivity contribution in [3.05, 3.63) is 36.2 Å². The van der Waals surface area contributed by atoms with Crippen molar-refractivity contribution in [1.29, 1.82) is 0 Å². The molecule has 146 valence electrons. The van der Waals surface area contributed by atoms with Crippen LogP contribution in [0.1, 0.15) is 17.4 Å². The van der Waals surface area contributed by atoms with Gasteiger partial charge in [-0.1, -0.05) is 17.4 Å². The number of carbonyl (C=O) groups is 1. The Balaban J connectivity index is 0.00000261. The van der Waals surface area contributed by atoms with Crippen LogP contribution in [0.4, 0.5) is 5.13 Å². The van der Waals surface area contributed by atoms with Crippen LogP contribution in [0.5, 0.6) is 5.75 Å². The highest BCUT2D eigenvalue weighted by molar-refractivity contribution is 7.22. The molecule has 2 aromatic heterocycles. The number of thiazole rings is 1. The number of ether oxygens (including phenoxy) is 1. The SMILES string of the molecule is CCOc1cccc2sc(N(CCN(C)C)C(=O)c3ccn(C)n3)nc12.Cl. The summed E-state index contributed by atoms with van der Waals surface area (Å²) in [6.07, 6.45) is 1.77. The Bertz CT molecular complexity index is 908. The fraction of sp³-hybridized carbons (Fsp3) is 0.389. The van der Waals surface area contributed by atoms with Gasteiger partial charge in [-0.05, 0) is 39.2 Å². The first-order chi connectivity index (χ1) is 12.5. The largest absolute Gasteiger partial charge is 0.492 e. The van der Waals surface area contributed by atoms with Crippen molar-refractivity contribution in [1.82, 2.24) is 19.7 Å². The molecule has 1 amide bonds. The first-order valence-electron chi connectivity index (χ1n) is 8.48. The number of aromatic nitrogens is 3. The highest BCUT2D eigenvalue weighted by Gasteiger charge is 2.23. The molecule has 0 radical (unpaired) electrons. The molecule has 7 nitrogen and oxygen atoms in total. The van der Waals surface area contributed by atoms with Crippen molar-refractivity contribution in [2.45, 2.75) is 6.92 Å². The van der Waals surface area contributed by atoms with Crippen LogP contribution in [0.2, 0.25) is 0 Å². The lowest BCUT2D eigenvalue weighted by atomic mass is 10.3. The molecular formula is C18H24ClN5O2S. The zero-order chi connectivity index (χ0) is 18.7. The van der Waals surface area contributed by atoms with Gasteiger partial charge in [-0.2, -0.15) is 5.10 Å². The number of amides is 1. The predicted molar refractivity (Wildman–Crippen MR) is 111 cm³/mol. The Morgan fingerprint density at radius 1 is 1.26 bits per heavy atom. The Hall–Kier alpha value is -2.16. The number of halogens is 1. The molecule has 27 heavy (non-hydrogen) atoms. The summed E-state index contributed by atoms with van der Waals surface area (Å²) in [7, 11) is 5.76. The molecule has 0 N–H and O–H groups in total. The molecule has 3 rings (SSSR count). The number of hydrogen-bond acceptors (Lipinski definition) is 6. The predicted octanol–water partition coefficient (Wildman–Crippen LogP) is 3.06. The summed E-state index contributed by atoms with van der Waals surface area (Å²) in [6.45, 7) is 3.78. The summed E-state index contributed by atoms with van der Waals surface area (Å²) in [4.78, 5) is 21.5. The zero-order valence-electron chi connectivity index (χ0n) is 15.9. The maximum Gasteiger partial charge on any atom is 0.280 e. The van der Waals surface area contributed by atoms with Crippen LogP contribution in [0.15, 0.2) is 30.5 Å². The zero-order valence-corrected chi connectivity index (χ0v) is 17.5. The molecule has 0 aliphatic rings. The summed E-state index contributed by atoms with van der Waals surface area (Å²) in [5, 5.41) is 4.91. The van der Waals surface area contributed by atoms with Gasteiger partial charge in [0.1, 0.15) is 11.3 Å². The lowest BCUT2D eigenvalue weighted by Gasteiger charge is -2.21. The minimum Gasteiger partial charge on any atom is -0.492 e. The van der Waals surface area contributed by atoms with Crippen molar-refractivity contribution in [2.24, 2.45) is 7.05 Å². The smallest absolute Gasteiger partial charge is 0.280 e. The van der Waals surface area contributed by atoms with E-state index in [9.17, 15) is 4.79 Å². The first-order valence-corrected chi connectivity index (χ1v) is 9.30. The highest BCUT2D eigenvalue weighted by atomic mass is 35.5. The van der Waals surface area contributed by atoms with Crippen LogP contribution >= 0.6 is 23.7 Å². The summed E-state index contributed by atoms with van der Waals surface area (Å²) >= 11 is 1.49. The number of fused-ring (bicyclic) bond motifs is 1. The van der Waals surface area contributed by atoms with E-state index < -0.39 is 0 Å². The summed E-state index contributed by atoms with van der Waals surface area (Å²) in [6, 6.07) is 7.57. The van der Waals surface area contributed by atoms with Gasteiger partial charge in [0, 0.05) is 26.3 Å². The quantitative estimate of drug-likeness (QED) is 0.600. The van der Waals surface area contributed by atoms with Crippen molar-refractivity contribution in [3.8, 4) is 5.75 Å². The van der Waals surface area contributed by atoms with Gasteiger partial charge in [0.05, 0.1) is 11.3 Å². The second kappa shape index (κ2) is 9.16. The molecule has 0 aliphatic carbocycles. The topological polar surface area (TPSA) is 63.5 Å². The monoisotopic (exact) mass is 409 g/mol. The van der Waals surface area contributed by atoms with Gasteiger partial charge in [0.25, 0.3) is 5.91 Å². The molecule has 0 bridgehead atoms. The maximum atomic E-state index is 13.0. The van der Waals surface area contributed by atoms with E-state index in [0.29, 0.717) is 24.0 Å². The molecule has 0 aliphatic heterocycles. The van der Waals surface area contributed by atoms with E-state index in [2.05, 4.69) is 5.10 Å². The van der Waals surface area contributed by atoms with Crippen LogP contribution in [-0.2, 0) is 7.05 Å². The maximum absolute atomic E-state index is 13.0. The van der Waals surface area contributed by atoms with Crippen LogP contribution in [0, 0.1) is 0 Å². The number of rotatable bonds is 7. The average molecular weight is 410 g/mol. The first kappa shape index (κ1) is 21.1. The van der Waals surface area contributed by atoms with E-state index in [0.717, 1.165) is 22.5 Å². The van der Waals surface area contributed by atoms with Gasteiger partial charge >= 0.3 is 0 Å². The third kappa shape index (κ3) is 4.77. The number of nitrogens with zero attached hydrogens (tertiary/aromatic N) is 5. The van der Waals surface area contributed by atoms with E-state index in [-0.39, 0.29) is 18.3 Å². The van der Waals surface area contributed by atoms with Crippen LogP contribution in [0.3, 0.4) is 0 Å². The second-order valence-electron chi connectivity index (χ2n) is 6.17. The molecule has 0 spiro atoms. The third-order valence-electron chi connectivity index (χ3n) is 3.85. The Morgan fingerprint density at radius 2 is 2.04 bits per heavy atom. The van der Waals surface area contributed by atoms with Gasteiger partial charge in [-0.15, -0.1) is 12.4 Å². The van der Waals surface area contributed by atoms with E-state index >= 15 is 0 Å². The minimum atomic E-state index is -0.149. The van der Waals surface area contributed by atoms with Crippen LogP contribution < -0.4 is 9.64 Å². The number of benzene rings is 1. The van der Waals surface area contributed by atoms with Crippen molar-refractivity contribution < 1.29 is 9.53 Å². The van der Waals surface area contributed by atoms with Gasteiger partial charge in [0.15, 0.2) is 10.8 Å². The molecule has 0 fully saturated rings. The fourth-order valence-corrected chi connectivity index (χ4v) is 3.56. The third-order valence-corrected chi connectivity index (χ3v) is 4.89. The standard InChI is InChI=1S/C18H23N5O2S.ClH/c1-5-25-14-7-6-8-15-16(14)19-18(26-15)23(12-11-21(2)3)17(24)13-9-10-22(4)20-13;/h6-10H,5,11-12H2,1-4H3;1H. The van der Waals surface area contributed by atoms with E-state index in [1.807, 2.05) is 44.1 Å². The van der Waals surface area contributed by atoms with E-state index in [1.165, 1.54) is 11.3 Å². The number of carbonyl (C=O) groups excluding carboxylic acids is 1. The van der Waals surface area contributed by atoms with E-state index in [1.54, 1.807) is 28.9 Å². The number of likely N-dealkylation sites (N-methyl/N-ethyl adjacent to an activating group) is 1. The molecule has 0 saturated carbocycles. The van der Waals surface area contributed by atoms with Gasteiger partial charge < -0.3 is 9.64 Å². The van der Waals surface area contributed by atoms with Crippen LogP contribution in [-0.4, -0.2) is 59.4 Å². The fourth-order valence-electron chi connectivity index (χ4n) is 2.55. The lowest BCUT2D eigenvalue weighted by Crippen LogP contribution is -2.37. The molecule has 1 aromatic carbocycles. The number of para-hydroxylation sites is 1. The van der Waals surface area contributed by atoms with Gasteiger partial charge in [-0.25, -0.2) is 4.98 Å². The summed E-state index contributed by atoms with van der Waals surface area (Å²) in [5.41, 5.74) is 1.20. The van der Waals surface area contributed by atoms with E-state index in [4.69, 9.17) is 9.72 Å². The van der Waals surface area contributed by atoms with Crippen molar-refractivity contribution in [2.75, 3.05) is 38.7 Å². The molecule has 0 saturated heterocycles. The molecule has 0 atom stereocenters. The van der Waals surface area contributed by atoms with Gasteiger partial charge in [-0.3, -0.25) is 14.4 Å². The Labute approximate surface area is 169 Å². The second-order valence-corrected chi connectivity index (χ2v) is 7.18. The molecule has 9 heteroatoms. The number of aryl methyl sites for hydroxylation is 1. The Kier molecular flexibility index (Phi) is 7.18. The minimum absolute atomic E-state index is 0. The van der Waals surface area contributed by atoms with Crippen LogP contribution in [0.25, 0.3) is 10.2 Å². The molecule has 3 aromatic rings.